The van der Waals surface area contributed by atoms with Crippen LogP contribution >= 0.6 is 0 Å². The van der Waals surface area contributed by atoms with Gasteiger partial charge in [-0.1, -0.05) is 43.7 Å². The number of carbonyl (C=O) groups excluding carboxylic acids is 2. The van der Waals surface area contributed by atoms with Crippen LogP contribution < -0.4 is 16.4 Å². The largest absolute Gasteiger partial charge is 0.290 e. The lowest BCUT2D eigenvalue weighted by Crippen LogP contribution is -2.54. The summed E-state index contributed by atoms with van der Waals surface area (Å²) in [6.45, 7) is 2.28. The van der Waals surface area contributed by atoms with Crippen LogP contribution in [0.1, 0.15) is 48.7 Å². The fourth-order valence-corrected chi connectivity index (χ4v) is 4.02. The van der Waals surface area contributed by atoms with Gasteiger partial charge in [-0.05, 0) is 43.0 Å². The van der Waals surface area contributed by atoms with Crippen molar-refractivity contribution in [2.45, 2.75) is 44.6 Å². The first-order chi connectivity index (χ1) is 15.0. The molecule has 0 aliphatic heterocycles. The van der Waals surface area contributed by atoms with Crippen molar-refractivity contribution in [3.8, 4) is 0 Å². The first kappa shape index (κ1) is 20.7. The zero-order chi connectivity index (χ0) is 22.0. The highest BCUT2D eigenvalue weighted by molar-refractivity contribution is 6.05. The summed E-state index contributed by atoms with van der Waals surface area (Å²) in [6, 6.07) is 12.7. The van der Waals surface area contributed by atoms with Crippen LogP contribution in [0.25, 0.3) is 10.8 Å². The Morgan fingerprint density at radius 3 is 2.48 bits per heavy atom. The normalized spacial score (nSPS) is 14.6. The zero-order valence-electron chi connectivity index (χ0n) is 17.2. The van der Waals surface area contributed by atoms with E-state index in [1.165, 1.54) is 16.8 Å². The third-order valence-electron chi connectivity index (χ3n) is 5.83. The summed E-state index contributed by atoms with van der Waals surface area (Å²) in [5, 5.41) is 5.02. The van der Waals surface area contributed by atoms with Gasteiger partial charge in [-0.2, -0.15) is 5.10 Å². The number of hydrogen-bond donors (Lipinski definition) is 2. The van der Waals surface area contributed by atoms with Crippen LogP contribution in [0.2, 0.25) is 0 Å². The minimum absolute atomic E-state index is 0.0531. The van der Waals surface area contributed by atoms with Crippen LogP contribution in [-0.4, -0.2) is 21.6 Å². The van der Waals surface area contributed by atoms with E-state index < -0.39 is 23.0 Å². The molecular formula is C23H23FN4O3. The summed E-state index contributed by atoms with van der Waals surface area (Å²) >= 11 is 0. The first-order valence-electron chi connectivity index (χ1n) is 10.3. The second kappa shape index (κ2) is 8.29. The molecule has 1 aliphatic carbocycles. The molecule has 0 spiro atoms. The molecule has 2 amide bonds. The molecule has 3 aromatic rings. The van der Waals surface area contributed by atoms with Gasteiger partial charge in [0.25, 0.3) is 11.5 Å². The lowest BCUT2D eigenvalue weighted by Gasteiger charge is -2.40. The minimum Gasteiger partial charge on any atom is -0.272 e. The van der Waals surface area contributed by atoms with Crippen LogP contribution in [0.3, 0.4) is 0 Å². The van der Waals surface area contributed by atoms with Gasteiger partial charge in [-0.3, -0.25) is 25.2 Å². The second-order valence-corrected chi connectivity index (χ2v) is 7.78. The molecule has 2 N–H and O–H groups in total. The van der Waals surface area contributed by atoms with Gasteiger partial charge in [0.15, 0.2) is 5.69 Å². The number of halogens is 1. The summed E-state index contributed by atoms with van der Waals surface area (Å²) in [5.41, 5.74) is 4.42. The van der Waals surface area contributed by atoms with E-state index in [9.17, 15) is 18.8 Å². The Labute approximate surface area is 178 Å². The van der Waals surface area contributed by atoms with Gasteiger partial charge in [0.2, 0.25) is 5.91 Å². The van der Waals surface area contributed by atoms with Crippen molar-refractivity contribution in [3.63, 3.8) is 0 Å². The predicted molar refractivity (Wildman–Crippen MR) is 114 cm³/mol. The fraction of sp³-hybridized carbons (Fsp3) is 0.304. The lowest BCUT2D eigenvalue weighted by molar-refractivity contribution is -0.130. The summed E-state index contributed by atoms with van der Waals surface area (Å²) in [6.07, 6.45) is 2.66. The van der Waals surface area contributed by atoms with Crippen molar-refractivity contribution in [2.24, 2.45) is 0 Å². The Bertz CT molecular complexity index is 1220. The van der Waals surface area contributed by atoms with Gasteiger partial charge in [0.1, 0.15) is 5.82 Å². The monoisotopic (exact) mass is 422 g/mol. The standard InChI is InChI=1S/C23H23FN4O3/c1-2-13-28-21(30)18-10-4-3-9-17(18)19(27-28)20(29)25-26-22(31)23(11-6-12-23)15-7-5-8-16(24)14-15/h3-5,7-10,14H,2,6,11-13H2,1H3,(H,25,29)(H,26,31). The van der Waals surface area contributed by atoms with Gasteiger partial charge >= 0.3 is 0 Å². The molecule has 1 aliphatic rings. The van der Waals surface area contributed by atoms with Crippen molar-refractivity contribution in [2.75, 3.05) is 0 Å². The van der Waals surface area contributed by atoms with Crippen LogP contribution in [0.4, 0.5) is 4.39 Å². The molecule has 1 saturated carbocycles. The fourth-order valence-electron chi connectivity index (χ4n) is 4.02. The number of benzene rings is 2. The predicted octanol–water partition coefficient (Wildman–Crippen LogP) is 2.83. The van der Waals surface area contributed by atoms with E-state index in [4.69, 9.17) is 0 Å². The van der Waals surface area contributed by atoms with Crippen LogP contribution in [0.15, 0.2) is 53.3 Å². The SMILES string of the molecule is CCCn1nc(C(=O)NNC(=O)C2(c3cccc(F)c3)CCC2)c2ccccc2c1=O. The number of fused-ring (bicyclic) bond motifs is 1. The topological polar surface area (TPSA) is 93.1 Å². The molecule has 1 heterocycles. The maximum Gasteiger partial charge on any atom is 0.290 e. The highest BCUT2D eigenvalue weighted by atomic mass is 19.1. The average molecular weight is 422 g/mol. The highest BCUT2D eigenvalue weighted by Gasteiger charge is 2.46. The highest BCUT2D eigenvalue weighted by Crippen LogP contribution is 2.44. The molecule has 0 saturated heterocycles. The van der Waals surface area contributed by atoms with Crippen LogP contribution in [0.5, 0.6) is 0 Å². The van der Waals surface area contributed by atoms with E-state index in [1.807, 2.05) is 6.92 Å². The molecule has 0 radical (unpaired) electrons. The van der Waals surface area contributed by atoms with Crippen molar-refractivity contribution in [1.82, 2.24) is 20.6 Å². The van der Waals surface area contributed by atoms with E-state index in [2.05, 4.69) is 16.0 Å². The van der Waals surface area contributed by atoms with Crippen molar-refractivity contribution < 1.29 is 14.0 Å². The molecule has 8 heteroatoms. The summed E-state index contributed by atoms with van der Waals surface area (Å²) in [4.78, 5) is 38.4. The Hall–Kier alpha value is -3.55. The maximum absolute atomic E-state index is 13.7. The first-order valence-corrected chi connectivity index (χ1v) is 10.3. The number of nitrogens with zero attached hydrogens (tertiary/aromatic N) is 2. The van der Waals surface area contributed by atoms with Gasteiger partial charge in [0.05, 0.1) is 10.8 Å². The summed E-state index contributed by atoms with van der Waals surface area (Å²) in [7, 11) is 0. The second-order valence-electron chi connectivity index (χ2n) is 7.78. The number of carbonyl (C=O) groups is 2. The number of aryl methyl sites for hydroxylation is 1. The molecule has 0 bridgehead atoms. The van der Waals surface area contributed by atoms with Crippen molar-refractivity contribution >= 4 is 22.6 Å². The molecule has 1 fully saturated rings. The lowest BCUT2D eigenvalue weighted by atomic mass is 9.64. The molecular weight excluding hydrogens is 399 g/mol. The molecule has 0 unspecified atom stereocenters. The number of hydrogen-bond acceptors (Lipinski definition) is 4. The quantitative estimate of drug-likeness (QED) is 0.619. The van der Waals surface area contributed by atoms with E-state index in [-0.39, 0.29) is 11.3 Å². The number of rotatable bonds is 5. The van der Waals surface area contributed by atoms with E-state index >= 15 is 0 Å². The van der Waals surface area contributed by atoms with Gasteiger partial charge < -0.3 is 0 Å². The average Bonchev–Trinajstić information content (AvgIpc) is 2.73. The Balaban J connectivity index is 1.59. The van der Waals surface area contributed by atoms with Gasteiger partial charge in [0, 0.05) is 11.9 Å². The Morgan fingerprint density at radius 1 is 1.10 bits per heavy atom. The van der Waals surface area contributed by atoms with Crippen LogP contribution in [-0.2, 0) is 16.8 Å². The third-order valence-corrected chi connectivity index (χ3v) is 5.83. The van der Waals surface area contributed by atoms with Gasteiger partial charge in [-0.25, -0.2) is 9.07 Å². The zero-order valence-corrected chi connectivity index (χ0v) is 17.2. The molecule has 1 aromatic heterocycles. The molecule has 31 heavy (non-hydrogen) atoms. The maximum atomic E-state index is 13.7. The molecule has 7 nitrogen and oxygen atoms in total. The molecule has 0 atom stereocenters. The molecule has 160 valence electrons. The van der Waals surface area contributed by atoms with Crippen molar-refractivity contribution in [1.29, 1.82) is 0 Å². The van der Waals surface area contributed by atoms with E-state index in [0.717, 1.165) is 6.42 Å². The number of aromatic nitrogens is 2. The number of nitrogens with one attached hydrogen (secondary N) is 2. The smallest absolute Gasteiger partial charge is 0.272 e. The molecule has 4 rings (SSSR count). The number of amides is 2. The van der Waals surface area contributed by atoms with E-state index in [1.54, 1.807) is 36.4 Å². The summed E-state index contributed by atoms with van der Waals surface area (Å²) in [5.74, 6) is -1.43. The van der Waals surface area contributed by atoms with Crippen molar-refractivity contribution in [3.05, 3.63) is 76.0 Å². The van der Waals surface area contributed by atoms with E-state index in [0.29, 0.717) is 42.1 Å². The summed E-state index contributed by atoms with van der Waals surface area (Å²) < 4.78 is 15.0. The number of hydrazine groups is 1. The third kappa shape index (κ3) is 3.69. The Morgan fingerprint density at radius 2 is 1.84 bits per heavy atom. The van der Waals surface area contributed by atoms with Gasteiger partial charge in [-0.15, -0.1) is 0 Å². The minimum atomic E-state index is -0.869. The van der Waals surface area contributed by atoms with Crippen LogP contribution in [0, 0.1) is 5.82 Å². The molecule has 2 aromatic carbocycles. The Kier molecular flexibility index (Phi) is 5.54.